The van der Waals surface area contributed by atoms with Gasteiger partial charge in [0.2, 0.25) is 5.95 Å². The number of carbonyl (C=O) groups excluding carboxylic acids is 3. The van der Waals surface area contributed by atoms with Crippen LogP contribution in [0.2, 0.25) is 0 Å². The first-order valence-electron chi connectivity index (χ1n) is 15.1. The maximum atomic E-state index is 13.2. The SMILES string of the molecule is NC(=O)c1nnc(N2CCCC(NC(=O)c3ccc4c(c3)nnn4C3CC3)C2)nc1Nc1ccc(C(=O)N2CCOCC2)cc1. The Morgan fingerprint density at radius 3 is 2.44 bits per heavy atom. The van der Waals surface area contributed by atoms with Gasteiger partial charge in [0.1, 0.15) is 5.52 Å². The van der Waals surface area contributed by atoms with Crippen LogP contribution in [0.3, 0.4) is 0 Å². The summed E-state index contributed by atoms with van der Waals surface area (Å²) in [5.74, 6) is -0.578. The average molecular weight is 612 g/mol. The van der Waals surface area contributed by atoms with Crippen molar-refractivity contribution in [1.29, 1.82) is 0 Å². The van der Waals surface area contributed by atoms with Crippen LogP contribution in [-0.4, -0.2) is 98.2 Å². The molecule has 4 heterocycles. The minimum Gasteiger partial charge on any atom is -0.378 e. The monoisotopic (exact) mass is 611 g/mol. The van der Waals surface area contributed by atoms with Crippen molar-refractivity contribution in [2.75, 3.05) is 49.6 Å². The third kappa shape index (κ3) is 6.11. The highest BCUT2D eigenvalue weighted by atomic mass is 16.5. The minimum absolute atomic E-state index is 0.0673. The summed E-state index contributed by atoms with van der Waals surface area (Å²) >= 11 is 0. The number of aromatic nitrogens is 6. The number of benzene rings is 2. The molecule has 1 unspecified atom stereocenters. The number of anilines is 3. The van der Waals surface area contributed by atoms with Gasteiger partial charge in [-0.25, -0.2) is 4.68 Å². The highest BCUT2D eigenvalue weighted by Crippen LogP contribution is 2.36. The van der Waals surface area contributed by atoms with E-state index in [1.165, 1.54) is 0 Å². The first kappa shape index (κ1) is 28.6. The van der Waals surface area contributed by atoms with Crippen molar-refractivity contribution >= 4 is 46.2 Å². The molecule has 2 saturated heterocycles. The van der Waals surface area contributed by atoms with Crippen LogP contribution in [-0.2, 0) is 4.74 Å². The number of nitrogens with one attached hydrogen (secondary N) is 2. The van der Waals surface area contributed by atoms with E-state index in [1.807, 2.05) is 15.6 Å². The summed E-state index contributed by atoms with van der Waals surface area (Å²) in [6, 6.07) is 12.6. The van der Waals surface area contributed by atoms with E-state index in [4.69, 9.17) is 10.5 Å². The lowest BCUT2D eigenvalue weighted by Crippen LogP contribution is -2.48. The molecule has 4 N–H and O–H groups in total. The molecule has 3 aliphatic rings. The van der Waals surface area contributed by atoms with Gasteiger partial charge >= 0.3 is 0 Å². The first-order valence-corrected chi connectivity index (χ1v) is 15.1. The molecule has 2 aromatic carbocycles. The average Bonchev–Trinajstić information content (AvgIpc) is 3.83. The van der Waals surface area contributed by atoms with Crippen molar-refractivity contribution in [3.8, 4) is 0 Å². The second-order valence-corrected chi connectivity index (χ2v) is 11.5. The Hall–Kier alpha value is -5.18. The lowest BCUT2D eigenvalue weighted by Gasteiger charge is -2.33. The number of piperidine rings is 1. The molecular formula is C30H33N11O4. The molecule has 3 amide bonds. The Kier molecular flexibility index (Phi) is 7.67. The number of hydrogen-bond acceptors (Lipinski definition) is 11. The molecule has 1 saturated carbocycles. The molecule has 0 bridgehead atoms. The third-order valence-corrected chi connectivity index (χ3v) is 8.27. The van der Waals surface area contributed by atoms with Gasteiger partial charge in [-0.1, -0.05) is 5.21 Å². The third-order valence-electron chi connectivity index (χ3n) is 8.27. The lowest BCUT2D eigenvalue weighted by molar-refractivity contribution is 0.0303. The molecule has 3 fully saturated rings. The number of rotatable bonds is 8. The Morgan fingerprint density at radius 2 is 1.69 bits per heavy atom. The Balaban J connectivity index is 1.03. The van der Waals surface area contributed by atoms with Gasteiger partial charge in [0.15, 0.2) is 11.5 Å². The van der Waals surface area contributed by atoms with Crippen LogP contribution < -0.4 is 21.3 Å². The standard InChI is InChI=1S/C30H33N11O4/c31-26(42)25-27(32-20-6-3-18(4-7-20)29(44)39-12-14-45-15-13-39)34-30(37-36-25)40-11-1-2-21(17-40)33-28(43)19-5-10-24-23(16-19)35-38-41(24)22-8-9-22/h3-7,10,16,21-22H,1-2,8-9,11-15,17H2,(H2,31,42)(H,33,43)(H,32,34,37). The van der Waals surface area contributed by atoms with Gasteiger partial charge in [0.25, 0.3) is 17.7 Å². The smallest absolute Gasteiger partial charge is 0.273 e. The van der Waals surface area contributed by atoms with Crippen molar-refractivity contribution in [2.45, 2.75) is 37.8 Å². The quantitative estimate of drug-likeness (QED) is 0.263. The van der Waals surface area contributed by atoms with Gasteiger partial charge in [0.05, 0.1) is 24.8 Å². The fraction of sp³-hybridized carbons (Fsp3) is 0.400. The molecule has 1 aliphatic carbocycles. The van der Waals surface area contributed by atoms with Gasteiger partial charge in [-0.3, -0.25) is 14.4 Å². The number of amides is 3. The molecule has 0 spiro atoms. The number of ether oxygens (including phenoxy) is 1. The van der Waals surface area contributed by atoms with Crippen LogP contribution in [0, 0.1) is 0 Å². The normalized spacial score (nSPS) is 18.5. The summed E-state index contributed by atoms with van der Waals surface area (Å²) in [6.07, 6.45) is 3.79. The topological polar surface area (TPSA) is 186 Å². The van der Waals surface area contributed by atoms with E-state index >= 15 is 0 Å². The van der Waals surface area contributed by atoms with Gasteiger partial charge in [-0.05, 0) is 68.1 Å². The zero-order chi connectivity index (χ0) is 30.9. The summed E-state index contributed by atoms with van der Waals surface area (Å²) in [7, 11) is 0. The fourth-order valence-corrected chi connectivity index (χ4v) is 5.70. The molecule has 15 nitrogen and oxygen atoms in total. The molecule has 2 aromatic heterocycles. The van der Waals surface area contributed by atoms with E-state index in [9.17, 15) is 14.4 Å². The predicted molar refractivity (Wildman–Crippen MR) is 163 cm³/mol. The highest BCUT2D eigenvalue weighted by Gasteiger charge is 2.28. The van der Waals surface area contributed by atoms with E-state index in [0.29, 0.717) is 73.7 Å². The van der Waals surface area contributed by atoms with Gasteiger partial charge < -0.3 is 30.9 Å². The van der Waals surface area contributed by atoms with E-state index in [-0.39, 0.29) is 29.4 Å². The summed E-state index contributed by atoms with van der Waals surface area (Å²) in [6.45, 7) is 3.26. The van der Waals surface area contributed by atoms with E-state index < -0.39 is 5.91 Å². The lowest BCUT2D eigenvalue weighted by atomic mass is 10.1. The Morgan fingerprint density at radius 1 is 0.911 bits per heavy atom. The maximum absolute atomic E-state index is 13.2. The van der Waals surface area contributed by atoms with Crippen LogP contribution >= 0.6 is 0 Å². The molecule has 0 radical (unpaired) electrons. The number of nitrogens with two attached hydrogens (primary N) is 1. The highest BCUT2D eigenvalue weighted by molar-refractivity contribution is 5.98. The Bertz CT molecular complexity index is 1750. The molecule has 4 aromatic rings. The predicted octanol–water partition coefficient (Wildman–Crippen LogP) is 1.66. The first-order chi connectivity index (χ1) is 21.9. The van der Waals surface area contributed by atoms with Crippen LogP contribution in [0.1, 0.15) is 62.9 Å². The van der Waals surface area contributed by atoms with E-state index in [0.717, 1.165) is 31.2 Å². The van der Waals surface area contributed by atoms with Crippen LogP contribution in [0.25, 0.3) is 11.0 Å². The van der Waals surface area contributed by atoms with Crippen molar-refractivity contribution in [3.63, 3.8) is 0 Å². The molecule has 45 heavy (non-hydrogen) atoms. The van der Waals surface area contributed by atoms with E-state index in [1.54, 1.807) is 41.3 Å². The molecule has 15 heteroatoms. The zero-order valence-electron chi connectivity index (χ0n) is 24.6. The van der Waals surface area contributed by atoms with Crippen molar-refractivity contribution < 1.29 is 19.1 Å². The summed E-state index contributed by atoms with van der Waals surface area (Å²) in [4.78, 5) is 46.4. The summed E-state index contributed by atoms with van der Waals surface area (Å²) in [5, 5.41) is 23.0. The van der Waals surface area contributed by atoms with Gasteiger partial charge in [0, 0.05) is 49.0 Å². The molecule has 232 valence electrons. The van der Waals surface area contributed by atoms with Crippen molar-refractivity contribution in [1.82, 2.24) is 40.4 Å². The second kappa shape index (κ2) is 12.1. The maximum Gasteiger partial charge on any atom is 0.273 e. The molecule has 1 atom stereocenters. The number of carbonyl (C=O) groups is 3. The minimum atomic E-state index is -0.777. The van der Waals surface area contributed by atoms with Crippen molar-refractivity contribution in [3.05, 3.63) is 59.3 Å². The van der Waals surface area contributed by atoms with E-state index in [2.05, 4.69) is 36.1 Å². The fourth-order valence-electron chi connectivity index (χ4n) is 5.70. The zero-order valence-corrected chi connectivity index (χ0v) is 24.6. The molecular weight excluding hydrogens is 578 g/mol. The van der Waals surface area contributed by atoms with Crippen LogP contribution in [0.15, 0.2) is 42.5 Å². The summed E-state index contributed by atoms with van der Waals surface area (Å²) < 4.78 is 7.26. The number of hydrogen-bond donors (Lipinski definition) is 3. The number of primary amides is 1. The number of morpholine rings is 1. The summed E-state index contributed by atoms with van der Waals surface area (Å²) in [5.41, 5.74) is 8.77. The number of fused-ring (bicyclic) bond motifs is 1. The largest absolute Gasteiger partial charge is 0.378 e. The van der Waals surface area contributed by atoms with Crippen LogP contribution in [0.4, 0.5) is 17.5 Å². The molecule has 2 aliphatic heterocycles. The van der Waals surface area contributed by atoms with Crippen molar-refractivity contribution in [2.24, 2.45) is 5.73 Å². The second-order valence-electron chi connectivity index (χ2n) is 11.5. The van der Waals surface area contributed by atoms with Gasteiger partial charge in [-0.15, -0.1) is 15.3 Å². The number of nitrogens with zero attached hydrogens (tertiary/aromatic N) is 8. The molecule has 7 rings (SSSR count). The Labute approximate surface area is 258 Å². The van der Waals surface area contributed by atoms with Gasteiger partial charge in [-0.2, -0.15) is 4.98 Å². The van der Waals surface area contributed by atoms with Crippen LogP contribution in [0.5, 0.6) is 0 Å².